The van der Waals surface area contributed by atoms with Crippen molar-refractivity contribution >= 4 is 5.78 Å². The van der Waals surface area contributed by atoms with Crippen LogP contribution < -0.4 is 0 Å². The summed E-state index contributed by atoms with van der Waals surface area (Å²) >= 11 is 0. The molecule has 0 aliphatic heterocycles. The minimum absolute atomic E-state index is 0.106. The molecule has 0 amide bonds. The predicted octanol–water partition coefficient (Wildman–Crippen LogP) is 5.17. The van der Waals surface area contributed by atoms with Gasteiger partial charge in [-0.25, -0.2) is 4.39 Å². The first kappa shape index (κ1) is 15.6. The van der Waals surface area contributed by atoms with Crippen molar-refractivity contribution in [2.75, 3.05) is 0 Å². The van der Waals surface area contributed by atoms with Crippen molar-refractivity contribution in [2.24, 2.45) is 5.92 Å². The molecule has 0 aliphatic carbocycles. The maximum atomic E-state index is 12.8. The molecule has 0 saturated heterocycles. The number of hydrogen-bond donors (Lipinski definition) is 0. The number of hydrogen-bond acceptors (Lipinski definition) is 1. The molecule has 0 saturated carbocycles. The van der Waals surface area contributed by atoms with E-state index in [1.165, 1.54) is 17.7 Å². The summed E-state index contributed by atoms with van der Waals surface area (Å²) in [6.45, 7) is 6.38. The summed E-state index contributed by atoms with van der Waals surface area (Å²) < 4.78 is 12.8. The molecule has 0 bridgehead atoms. The number of allylic oxidation sites excluding steroid dienone is 2. The van der Waals surface area contributed by atoms with Gasteiger partial charge in [-0.05, 0) is 63.3 Å². The van der Waals surface area contributed by atoms with Crippen LogP contribution in [0.5, 0.6) is 0 Å². The lowest BCUT2D eigenvalue weighted by atomic mass is 9.96. The fourth-order valence-electron chi connectivity index (χ4n) is 1.96. The molecule has 0 N–H and O–H groups in total. The Labute approximate surface area is 115 Å². The Morgan fingerprint density at radius 2 is 1.84 bits per heavy atom. The van der Waals surface area contributed by atoms with Gasteiger partial charge < -0.3 is 0 Å². The zero-order chi connectivity index (χ0) is 14.3. The van der Waals surface area contributed by atoms with Gasteiger partial charge >= 0.3 is 0 Å². The lowest BCUT2D eigenvalue weighted by Crippen LogP contribution is -2.03. The third-order valence-electron chi connectivity index (χ3n) is 3.24. The number of carbonyl (C=O) groups excluding carboxylic acids is 1. The fourth-order valence-corrected chi connectivity index (χ4v) is 1.96. The van der Waals surface area contributed by atoms with Gasteiger partial charge in [0.1, 0.15) is 5.82 Å². The SMILES string of the molecule is CC(C)=CCC[C@H](C)CCC(=O)c1ccc(F)cc1. The molecule has 1 aromatic carbocycles. The highest BCUT2D eigenvalue weighted by molar-refractivity contribution is 5.95. The summed E-state index contributed by atoms with van der Waals surface area (Å²) in [5.41, 5.74) is 1.95. The van der Waals surface area contributed by atoms with Gasteiger partial charge in [-0.3, -0.25) is 4.79 Å². The highest BCUT2D eigenvalue weighted by Gasteiger charge is 2.08. The van der Waals surface area contributed by atoms with Crippen LogP contribution >= 0.6 is 0 Å². The van der Waals surface area contributed by atoms with E-state index in [1.807, 2.05) is 0 Å². The van der Waals surface area contributed by atoms with Crippen molar-refractivity contribution in [3.8, 4) is 0 Å². The average molecular weight is 262 g/mol. The molecule has 0 radical (unpaired) electrons. The smallest absolute Gasteiger partial charge is 0.162 e. The van der Waals surface area contributed by atoms with Crippen LogP contribution in [-0.4, -0.2) is 5.78 Å². The molecule has 2 heteroatoms. The van der Waals surface area contributed by atoms with E-state index in [2.05, 4.69) is 26.8 Å². The summed E-state index contributed by atoms with van der Waals surface area (Å²) in [4.78, 5) is 11.9. The van der Waals surface area contributed by atoms with Gasteiger partial charge in [-0.2, -0.15) is 0 Å². The average Bonchev–Trinajstić information content (AvgIpc) is 2.36. The van der Waals surface area contributed by atoms with Gasteiger partial charge in [0.2, 0.25) is 0 Å². The van der Waals surface area contributed by atoms with Crippen LogP contribution in [0.2, 0.25) is 0 Å². The van der Waals surface area contributed by atoms with Crippen molar-refractivity contribution in [3.63, 3.8) is 0 Å². The predicted molar refractivity (Wildman–Crippen MR) is 77.8 cm³/mol. The Hall–Kier alpha value is -1.44. The molecular weight excluding hydrogens is 239 g/mol. The molecule has 1 aromatic rings. The molecule has 0 fully saturated rings. The van der Waals surface area contributed by atoms with E-state index in [0.29, 0.717) is 17.9 Å². The van der Waals surface area contributed by atoms with Gasteiger partial charge in [-0.1, -0.05) is 18.6 Å². The highest BCUT2D eigenvalue weighted by atomic mass is 19.1. The maximum Gasteiger partial charge on any atom is 0.162 e. The van der Waals surface area contributed by atoms with Crippen LogP contribution in [0.1, 0.15) is 56.8 Å². The normalized spacial score (nSPS) is 12.0. The number of benzene rings is 1. The van der Waals surface area contributed by atoms with Gasteiger partial charge in [0.05, 0.1) is 0 Å². The van der Waals surface area contributed by atoms with Crippen LogP contribution in [-0.2, 0) is 0 Å². The number of Topliss-reactive ketones (excluding diaryl/α,β-unsaturated/α-hetero) is 1. The first-order valence-electron chi connectivity index (χ1n) is 6.91. The molecule has 0 heterocycles. The van der Waals surface area contributed by atoms with Crippen molar-refractivity contribution < 1.29 is 9.18 Å². The van der Waals surface area contributed by atoms with Crippen molar-refractivity contribution in [1.29, 1.82) is 0 Å². The van der Waals surface area contributed by atoms with Gasteiger partial charge in [0.25, 0.3) is 0 Å². The van der Waals surface area contributed by atoms with E-state index in [1.54, 1.807) is 12.1 Å². The quantitative estimate of drug-likeness (QED) is 0.489. The second-order valence-corrected chi connectivity index (χ2v) is 5.43. The topological polar surface area (TPSA) is 17.1 Å². The van der Waals surface area contributed by atoms with E-state index in [9.17, 15) is 9.18 Å². The van der Waals surface area contributed by atoms with E-state index >= 15 is 0 Å². The molecule has 1 rings (SSSR count). The summed E-state index contributed by atoms with van der Waals surface area (Å²) in [5.74, 6) is 0.348. The monoisotopic (exact) mass is 262 g/mol. The zero-order valence-corrected chi connectivity index (χ0v) is 12.1. The van der Waals surface area contributed by atoms with Crippen LogP contribution in [0.3, 0.4) is 0 Å². The standard InChI is InChI=1S/C17H23FO/c1-13(2)5-4-6-14(3)7-12-17(19)15-8-10-16(18)11-9-15/h5,8-11,14H,4,6-7,12H2,1-3H3/t14-/m0/s1. The third-order valence-corrected chi connectivity index (χ3v) is 3.24. The largest absolute Gasteiger partial charge is 0.294 e. The van der Waals surface area contributed by atoms with E-state index < -0.39 is 0 Å². The van der Waals surface area contributed by atoms with Crippen molar-refractivity contribution in [3.05, 3.63) is 47.3 Å². The summed E-state index contributed by atoms with van der Waals surface area (Å²) in [6, 6.07) is 5.80. The molecule has 0 spiro atoms. The number of ketones is 1. The minimum atomic E-state index is -0.299. The Morgan fingerprint density at radius 1 is 1.21 bits per heavy atom. The Balaban J connectivity index is 2.33. The molecule has 0 aromatic heterocycles. The fraction of sp³-hybridized carbons (Fsp3) is 0.471. The summed E-state index contributed by atoms with van der Waals surface area (Å²) in [6.07, 6.45) is 5.86. The third kappa shape index (κ3) is 6.32. The Kier molecular flexibility index (Phi) is 6.48. The molecule has 19 heavy (non-hydrogen) atoms. The second kappa shape index (κ2) is 7.88. The highest BCUT2D eigenvalue weighted by Crippen LogP contribution is 2.16. The first-order chi connectivity index (χ1) is 8.99. The number of rotatable bonds is 7. The van der Waals surface area contributed by atoms with Crippen LogP contribution in [0.4, 0.5) is 4.39 Å². The molecule has 0 aliphatic rings. The number of halogens is 1. The summed E-state index contributed by atoms with van der Waals surface area (Å²) in [5, 5.41) is 0. The second-order valence-electron chi connectivity index (χ2n) is 5.43. The first-order valence-corrected chi connectivity index (χ1v) is 6.91. The lowest BCUT2D eigenvalue weighted by Gasteiger charge is -2.09. The van der Waals surface area contributed by atoms with Crippen molar-refractivity contribution in [1.82, 2.24) is 0 Å². The molecule has 0 unspecified atom stereocenters. The molecule has 1 atom stereocenters. The van der Waals surface area contributed by atoms with E-state index in [-0.39, 0.29) is 11.6 Å². The van der Waals surface area contributed by atoms with Gasteiger partial charge in [0, 0.05) is 12.0 Å². The van der Waals surface area contributed by atoms with Crippen LogP contribution in [0, 0.1) is 11.7 Å². The minimum Gasteiger partial charge on any atom is -0.294 e. The summed E-state index contributed by atoms with van der Waals surface area (Å²) in [7, 11) is 0. The number of carbonyl (C=O) groups is 1. The van der Waals surface area contributed by atoms with Crippen molar-refractivity contribution in [2.45, 2.75) is 46.5 Å². The van der Waals surface area contributed by atoms with Gasteiger partial charge in [0.15, 0.2) is 5.78 Å². The molecule has 1 nitrogen and oxygen atoms in total. The van der Waals surface area contributed by atoms with Gasteiger partial charge in [-0.15, -0.1) is 0 Å². The maximum absolute atomic E-state index is 12.8. The van der Waals surface area contributed by atoms with Crippen LogP contribution in [0.25, 0.3) is 0 Å². The lowest BCUT2D eigenvalue weighted by molar-refractivity contribution is 0.0974. The molecular formula is C17H23FO. The van der Waals surface area contributed by atoms with E-state index in [4.69, 9.17) is 0 Å². The van der Waals surface area contributed by atoms with E-state index in [0.717, 1.165) is 19.3 Å². The van der Waals surface area contributed by atoms with Crippen LogP contribution in [0.15, 0.2) is 35.9 Å². The Morgan fingerprint density at radius 3 is 2.42 bits per heavy atom. The molecule has 104 valence electrons. The Bertz CT molecular complexity index is 427. The zero-order valence-electron chi connectivity index (χ0n) is 12.1.